The fourth-order valence-electron chi connectivity index (χ4n) is 7.05. The maximum atomic E-state index is 13.2. The molecule has 3 aliphatic carbocycles. The van der Waals surface area contributed by atoms with Crippen LogP contribution in [0.5, 0.6) is 0 Å². The largest absolute Gasteiger partial charge is 0.378 e. The van der Waals surface area contributed by atoms with Crippen LogP contribution in [0, 0.1) is 0 Å². The Hall–Kier alpha value is -3.24. The molecule has 1 aliphatic heterocycles. The zero-order chi connectivity index (χ0) is 27.0. The van der Waals surface area contributed by atoms with Crippen molar-refractivity contribution >= 4 is 11.5 Å². The normalized spacial score (nSPS) is 22.7. The predicted molar refractivity (Wildman–Crippen MR) is 158 cm³/mol. The fourth-order valence-corrected chi connectivity index (χ4v) is 7.05. The number of hydrogen-bond donors (Lipinski definition) is 0. The van der Waals surface area contributed by atoms with Crippen molar-refractivity contribution in [3.05, 3.63) is 107 Å². The van der Waals surface area contributed by atoms with Gasteiger partial charge in [-0.3, -0.25) is 9.78 Å². The first-order valence-corrected chi connectivity index (χ1v) is 14.7. The van der Waals surface area contributed by atoms with Crippen LogP contribution >= 0.6 is 0 Å². The van der Waals surface area contributed by atoms with Gasteiger partial charge in [-0.15, -0.1) is 0 Å². The standard InChI is InChI=1S/C35H40N2O2/c1-4-26(33-22-28(11-14-36-33)27-7-5-6-8-27)20-24(2)19-25(3)31-23-35(12-13-35)32-10-9-29(21-30(31)32)34(38)37-15-17-39-18-16-37/h4,9-11,14,19-22,27,31H,1-2,5-8,12-13,15-18,23H2,3H3/b25-19+,26-20+. The molecule has 2 heterocycles. The molecule has 3 fully saturated rings. The quantitative estimate of drug-likeness (QED) is 0.355. The SMILES string of the molecule is C=C/C(=C\C(=C)/C=C(\C)C1CC2(CC2)c2ccc(C(=O)N3CCOCC3)cc21)c1cc(C2CCCC2)ccn1. The highest BCUT2D eigenvalue weighted by Crippen LogP contribution is 2.62. The lowest BCUT2D eigenvalue weighted by atomic mass is 9.90. The van der Waals surface area contributed by atoms with Gasteiger partial charge in [0.1, 0.15) is 0 Å². The summed E-state index contributed by atoms with van der Waals surface area (Å²) in [5.74, 6) is 1.08. The van der Waals surface area contributed by atoms with E-state index in [0.29, 0.717) is 43.6 Å². The van der Waals surface area contributed by atoms with Crippen molar-refractivity contribution in [1.29, 1.82) is 0 Å². The van der Waals surface area contributed by atoms with Gasteiger partial charge < -0.3 is 9.64 Å². The molecular formula is C35H40N2O2. The summed E-state index contributed by atoms with van der Waals surface area (Å²) in [6.45, 7) is 13.3. The summed E-state index contributed by atoms with van der Waals surface area (Å²) in [5.41, 5.74) is 9.48. The minimum absolute atomic E-state index is 0.119. The second kappa shape index (κ2) is 10.7. The van der Waals surface area contributed by atoms with E-state index in [1.165, 1.54) is 60.8 Å². The first-order valence-electron chi connectivity index (χ1n) is 14.7. The zero-order valence-corrected chi connectivity index (χ0v) is 23.3. The zero-order valence-electron chi connectivity index (χ0n) is 23.3. The number of carbonyl (C=O) groups excluding carboxylic acids is 1. The van der Waals surface area contributed by atoms with Crippen LogP contribution in [-0.2, 0) is 10.2 Å². The van der Waals surface area contributed by atoms with Gasteiger partial charge in [0.25, 0.3) is 5.91 Å². The van der Waals surface area contributed by atoms with E-state index in [2.05, 4.69) is 61.5 Å². The molecule has 2 aromatic rings. The van der Waals surface area contributed by atoms with Gasteiger partial charge >= 0.3 is 0 Å². The summed E-state index contributed by atoms with van der Waals surface area (Å²) in [4.78, 5) is 19.8. The van der Waals surface area contributed by atoms with Gasteiger partial charge in [0.15, 0.2) is 0 Å². The molecular weight excluding hydrogens is 480 g/mol. The number of fused-ring (bicyclic) bond motifs is 2. The number of benzene rings is 1. The number of amides is 1. The van der Waals surface area contributed by atoms with Crippen LogP contribution in [0.15, 0.2) is 79.1 Å². The van der Waals surface area contributed by atoms with Crippen LogP contribution in [0.4, 0.5) is 0 Å². The van der Waals surface area contributed by atoms with E-state index in [-0.39, 0.29) is 5.91 Å². The molecule has 1 aromatic heterocycles. The monoisotopic (exact) mass is 520 g/mol. The van der Waals surface area contributed by atoms with Gasteiger partial charge in [-0.2, -0.15) is 0 Å². The van der Waals surface area contributed by atoms with Crippen molar-refractivity contribution < 1.29 is 9.53 Å². The minimum Gasteiger partial charge on any atom is -0.378 e. The molecule has 4 heteroatoms. The summed E-state index contributed by atoms with van der Waals surface area (Å²) in [7, 11) is 0. The Labute approximate surface area is 233 Å². The van der Waals surface area contributed by atoms with Crippen molar-refractivity contribution in [3.8, 4) is 0 Å². The second-order valence-corrected chi connectivity index (χ2v) is 12.0. The van der Waals surface area contributed by atoms with E-state index in [0.717, 1.165) is 28.8 Å². The van der Waals surface area contributed by atoms with E-state index in [1.807, 2.05) is 23.2 Å². The van der Waals surface area contributed by atoms with Crippen molar-refractivity contribution in [2.75, 3.05) is 26.3 Å². The Morgan fingerprint density at radius 3 is 2.59 bits per heavy atom. The van der Waals surface area contributed by atoms with Crippen molar-refractivity contribution in [3.63, 3.8) is 0 Å². The highest BCUT2D eigenvalue weighted by atomic mass is 16.5. The average molecular weight is 521 g/mol. The highest BCUT2D eigenvalue weighted by molar-refractivity contribution is 5.94. The van der Waals surface area contributed by atoms with Gasteiger partial charge in [0, 0.05) is 36.3 Å². The summed E-state index contributed by atoms with van der Waals surface area (Å²) in [5, 5.41) is 0. The van der Waals surface area contributed by atoms with Gasteiger partial charge in [0.05, 0.1) is 18.9 Å². The number of pyridine rings is 1. The lowest BCUT2D eigenvalue weighted by molar-refractivity contribution is 0.0303. The van der Waals surface area contributed by atoms with Crippen LogP contribution in [0.1, 0.15) is 96.4 Å². The Bertz CT molecular complexity index is 1350. The van der Waals surface area contributed by atoms with Crippen LogP contribution in [0.25, 0.3) is 5.57 Å². The van der Waals surface area contributed by atoms with E-state index in [9.17, 15) is 4.79 Å². The topological polar surface area (TPSA) is 42.4 Å². The Morgan fingerprint density at radius 1 is 1.10 bits per heavy atom. The molecule has 202 valence electrons. The molecule has 39 heavy (non-hydrogen) atoms. The molecule has 0 bridgehead atoms. The number of rotatable bonds is 7. The second-order valence-electron chi connectivity index (χ2n) is 12.0. The molecule has 4 aliphatic rings. The molecule has 1 unspecified atom stereocenters. The number of nitrogens with zero attached hydrogens (tertiary/aromatic N) is 2. The summed E-state index contributed by atoms with van der Waals surface area (Å²) >= 11 is 0. The minimum atomic E-state index is 0.119. The van der Waals surface area contributed by atoms with Crippen LogP contribution < -0.4 is 0 Å². The van der Waals surface area contributed by atoms with E-state index in [1.54, 1.807) is 0 Å². The molecule has 0 N–H and O–H groups in total. The molecule has 1 atom stereocenters. The summed E-state index contributed by atoms with van der Waals surface area (Å²) < 4.78 is 5.45. The average Bonchev–Trinajstić information content (AvgIpc) is 3.39. The molecule has 4 nitrogen and oxygen atoms in total. The van der Waals surface area contributed by atoms with Crippen molar-refractivity contribution in [2.45, 2.75) is 69.1 Å². The summed E-state index contributed by atoms with van der Waals surface area (Å²) in [6, 6.07) is 10.9. The van der Waals surface area contributed by atoms with Crippen molar-refractivity contribution in [2.24, 2.45) is 0 Å². The number of aromatic nitrogens is 1. The fraction of sp³-hybridized carbons (Fsp3) is 0.429. The highest BCUT2D eigenvalue weighted by Gasteiger charge is 2.52. The van der Waals surface area contributed by atoms with Gasteiger partial charge in [-0.25, -0.2) is 0 Å². The smallest absolute Gasteiger partial charge is 0.254 e. The Balaban J connectivity index is 1.24. The predicted octanol–water partition coefficient (Wildman–Crippen LogP) is 7.50. The van der Waals surface area contributed by atoms with Crippen LogP contribution in [0.3, 0.4) is 0 Å². The van der Waals surface area contributed by atoms with Crippen LogP contribution in [0.2, 0.25) is 0 Å². The maximum Gasteiger partial charge on any atom is 0.254 e. The van der Waals surface area contributed by atoms with E-state index >= 15 is 0 Å². The Morgan fingerprint density at radius 2 is 1.87 bits per heavy atom. The molecule has 2 saturated carbocycles. The van der Waals surface area contributed by atoms with Crippen molar-refractivity contribution in [1.82, 2.24) is 9.88 Å². The maximum absolute atomic E-state index is 13.2. The summed E-state index contributed by atoms with van der Waals surface area (Å²) in [6.07, 6.45) is 16.9. The number of carbonyl (C=O) groups is 1. The first-order chi connectivity index (χ1) is 19.0. The molecule has 6 rings (SSSR count). The third kappa shape index (κ3) is 5.19. The lowest BCUT2D eigenvalue weighted by Gasteiger charge is -2.27. The van der Waals surface area contributed by atoms with Gasteiger partial charge in [-0.1, -0.05) is 49.8 Å². The molecule has 1 aromatic carbocycles. The third-order valence-corrected chi connectivity index (χ3v) is 9.42. The number of hydrogen-bond acceptors (Lipinski definition) is 3. The Kier molecular flexibility index (Phi) is 7.16. The first kappa shape index (κ1) is 26.0. The molecule has 1 spiro atoms. The molecule has 1 saturated heterocycles. The third-order valence-electron chi connectivity index (χ3n) is 9.42. The van der Waals surface area contributed by atoms with E-state index < -0.39 is 0 Å². The lowest BCUT2D eigenvalue weighted by Crippen LogP contribution is -2.40. The number of allylic oxidation sites excluding steroid dienone is 6. The van der Waals surface area contributed by atoms with Crippen LogP contribution in [-0.4, -0.2) is 42.1 Å². The molecule has 1 amide bonds. The van der Waals surface area contributed by atoms with Gasteiger partial charge in [-0.05, 0) is 103 Å². The van der Waals surface area contributed by atoms with Gasteiger partial charge in [0.2, 0.25) is 0 Å². The van der Waals surface area contributed by atoms with E-state index in [4.69, 9.17) is 4.74 Å². The number of morpholine rings is 1. The number of ether oxygens (including phenoxy) is 1. The molecule has 0 radical (unpaired) electrons.